The molecule has 0 unspecified atom stereocenters. The van der Waals surface area contributed by atoms with Crippen LogP contribution in [-0.4, -0.2) is 14.7 Å². The first-order valence-corrected chi connectivity index (χ1v) is 3.70. The minimum atomic E-state index is -0.530. The van der Waals surface area contributed by atoms with Crippen LogP contribution in [0.25, 0.3) is 0 Å². The topological polar surface area (TPSA) is 84.8 Å². The zero-order valence-electron chi connectivity index (χ0n) is 7.10. The highest BCUT2D eigenvalue weighted by Crippen LogP contribution is 2.13. The summed E-state index contributed by atoms with van der Waals surface area (Å²) in [5.74, 6) is -0.141. The predicted molar refractivity (Wildman–Crippen MR) is 43.8 cm³/mol. The molecule has 1 aromatic heterocycles. The highest BCUT2D eigenvalue weighted by Gasteiger charge is 2.16. The SMILES string of the molecule is Cc1cn(CCC#N)nc1[N+](=O)[O-]. The highest BCUT2D eigenvalue weighted by atomic mass is 16.6. The van der Waals surface area contributed by atoms with E-state index in [1.54, 1.807) is 13.1 Å². The van der Waals surface area contributed by atoms with Gasteiger partial charge in [-0.2, -0.15) is 9.94 Å². The van der Waals surface area contributed by atoms with E-state index in [2.05, 4.69) is 5.10 Å². The fraction of sp³-hybridized carbons (Fsp3) is 0.429. The Morgan fingerprint density at radius 1 is 1.85 bits per heavy atom. The third-order valence-corrected chi connectivity index (χ3v) is 1.54. The first kappa shape index (κ1) is 9.19. The minimum absolute atomic E-state index is 0.141. The van der Waals surface area contributed by atoms with Crippen molar-refractivity contribution in [2.75, 3.05) is 0 Å². The van der Waals surface area contributed by atoms with Gasteiger partial charge in [0.2, 0.25) is 0 Å². The average Bonchev–Trinajstić information content (AvgIpc) is 2.43. The summed E-state index contributed by atoms with van der Waals surface area (Å²) in [7, 11) is 0. The number of hydrogen-bond acceptors (Lipinski definition) is 4. The van der Waals surface area contributed by atoms with E-state index in [0.29, 0.717) is 18.5 Å². The molecule has 0 saturated heterocycles. The van der Waals surface area contributed by atoms with Crippen molar-refractivity contribution in [3.8, 4) is 6.07 Å². The van der Waals surface area contributed by atoms with E-state index in [1.807, 2.05) is 6.07 Å². The van der Waals surface area contributed by atoms with Crippen molar-refractivity contribution in [2.24, 2.45) is 0 Å². The van der Waals surface area contributed by atoms with Crippen LogP contribution in [0.1, 0.15) is 12.0 Å². The number of aryl methyl sites for hydroxylation is 2. The fourth-order valence-electron chi connectivity index (χ4n) is 0.970. The van der Waals surface area contributed by atoms with E-state index in [-0.39, 0.29) is 5.82 Å². The van der Waals surface area contributed by atoms with Crippen molar-refractivity contribution < 1.29 is 4.92 Å². The molecule has 0 saturated carbocycles. The van der Waals surface area contributed by atoms with Gasteiger partial charge < -0.3 is 10.1 Å². The summed E-state index contributed by atoms with van der Waals surface area (Å²) in [5.41, 5.74) is 0.517. The average molecular weight is 180 g/mol. The fourth-order valence-corrected chi connectivity index (χ4v) is 0.970. The molecule has 0 spiro atoms. The summed E-state index contributed by atoms with van der Waals surface area (Å²) in [6, 6.07) is 1.94. The van der Waals surface area contributed by atoms with Crippen LogP contribution in [0.15, 0.2) is 6.20 Å². The maximum Gasteiger partial charge on any atom is 0.392 e. The minimum Gasteiger partial charge on any atom is -0.358 e. The van der Waals surface area contributed by atoms with Crippen molar-refractivity contribution in [3.05, 3.63) is 21.9 Å². The molecule has 6 nitrogen and oxygen atoms in total. The Labute approximate surface area is 74.5 Å². The lowest BCUT2D eigenvalue weighted by molar-refractivity contribution is -0.390. The van der Waals surface area contributed by atoms with Gasteiger partial charge in [0.05, 0.1) is 35.9 Å². The molecule has 1 aromatic rings. The maximum absolute atomic E-state index is 10.4. The van der Waals surface area contributed by atoms with E-state index >= 15 is 0 Å². The van der Waals surface area contributed by atoms with Crippen molar-refractivity contribution in [1.82, 2.24) is 9.78 Å². The lowest BCUT2D eigenvalue weighted by atomic mass is 10.4. The second kappa shape index (κ2) is 3.67. The number of nitro groups is 1. The zero-order valence-corrected chi connectivity index (χ0v) is 7.10. The lowest BCUT2D eigenvalue weighted by Crippen LogP contribution is -1.98. The molecule has 68 valence electrons. The van der Waals surface area contributed by atoms with Gasteiger partial charge in [-0.05, 0) is 11.8 Å². The van der Waals surface area contributed by atoms with Crippen LogP contribution in [0.5, 0.6) is 0 Å². The van der Waals surface area contributed by atoms with E-state index in [4.69, 9.17) is 5.26 Å². The third kappa shape index (κ3) is 2.02. The molecular weight excluding hydrogens is 172 g/mol. The molecule has 0 aromatic carbocycles. The maximum atomic E-state index is 10.4. The molecule has 0 bridgehead atoms. The van der Waals surface area contributed by atoms with Gasteiger partial charge in [0.15, 0.2) is 0 Å². The lowest BCUT2D eigenvalue weighted by Gasteiger charge is -1.87. The molecule has 0 radical (unpaired) electrons. The second-order valence-corrected chi connectivity index (χ2v) is 2.56. The van der Waals surface area contributed by atoms with Crippen LogP contribution >= 0.6 is 0 Å². The molecule has 0 fully saturated rings. The Bertz CT molecular complexity index is 363. The van der Waals surface area contributed by atoms with Crippen LogP contribution in [0.4, 0.5) is 5.82 Å². The molecule has 1 heterocycles. The first-order valence-electron chi connectivity index (χ1n) is 3.70. The quantitative estimate of drug-likeness (QED) is 0.513. The second-order valence-electron chi connectivity index (χ2n) is 2.56. The number of aromatic nitrogens is 2. The van der Waals surface area contributed by atoms with Crippen molar-refractivity contribution in [2.45, 2.75) is 19.9 Å². The van der Waals surface area contributed by atoms with Crippen molar-refractivity contribution >= 4 is 5.82 Å². The molecule has 0 atom stereocenters. The van der Waals surface area contributed by atoms with Crippen LogP contribution < -0.4 is 0 Å². The highest BCUT2D eigenvalue weighted by molar-refractivity contribution is 5.27. The molecule has 0 aliphatic heterocycles. The van der Waals surface area contributed by atoms with Crippen LogP contribution in [0.3, 0.4) is 0 Å². The smallest absolute Gasteiger partial charge is 0.358 e. The Kier molecular flexibility index (Phi) is 2.59. The molecule has 6 heteroatoms. The van der Waals surface area contributed by atoms with Crippen molar-refractivity contribution in [3.63, 3.8) is 0 Å². The standard InChI is InChI=1S/C7H8N4O2/c1-6-5-10(4-2-3-8)9-7(6)11(12)13/h5H,2,4H2,1H3. The van der Waals surface area contributed by atoms with Gasteiger partial charge >= 0.3 is 5.82 Å². The van der Waals surface area contributed by atoms with E-state index in [1.165, 1.54) is 4.68 Å². The van der Waals surface area contributed by atoms with Crippen LogP contribution in [-0.2, 0) is 6.54 Å². The van der Waals surface area contributed by atoms with Crippen LogP contribution in [0, 0.1) is 28.4 Å². The van der Waals surface area contributed by atoms with E-state index < -0.39 is 4.92 Å². The number of nitriles is 1. The summed E-state index contributed by atoms with van der Waals surface area (Å²) < 4.78 is 1.41. The number of nitrogens with zero attached hydrogens (tertiary/aromatic N) is 4. The summed E-state index contributed by atoms with van der Waals surface area (Å²) in [6.07, 6.45) is 1.87. The summed E-state index contributed by atoms with van der Waals surface area (Å²) >= 11 is 0. The summed E-state index contributed by atoms with van der Waals surface area (Å²) in [5, 5.41) is 22.4. The Balaban J connectivity index is 2.84. The van der Waals surface area contributed by atoms with Gasteiger partial charge in [0.25, 0.3) is 0 Å². The summed E-state index contributed by atoms with van der Waals surface area (Å²) in [6.45, 7) is 2.01. The van der Waals surface area contributed by atoms with Gasteiger partial charge in [0.1, 0.15) is 0 Å². The first-order chi connectivity index (χ1) is 6.15. The van der Waals surface area contributed by atoms with Gasteiger partial charge in [-0.1, -0.05) is 0 Å². The van der Waals surface area contributed by atoms with Gasteiger partial charge in [-0.15, -0.1) is 0 Å². The van der Waals surface area contributed by atoms with E-state index in [0.717, 1.165) is 0 Å². The monoisotopic (exact) mass is 180 g/mol. The van der Waals surface area contributed by atoms with E-state index in [9.17, 15) is 10.1 Å². The van der Waals surface area contributed by atoms with Crippen LogP contribution in [0.2, 0.25) is 0 Å². The Morgan fingerprint density at radius 2 is 2.54 bits per heavy atom. The number of hydrogen-bond donors (Lipinski definition) is 0. The number of rotatable bonds is 3. The molecule has 0 N–H and O–H groups in total. The summed E-state index contributed by atoms with van der Waals surface area (Å²) in [4.78, 5) is 9.84. The molecule has 1 rings (SSSR count). The molecule has 13 heavy (non-hydrogen) atoms. The molecule has 0 amide bonds. The van der Waals surface area contributed by atoms with Gasteiger partial charge in [-0.3, -0.25) is 0 Å². The van der Waals surface area contributed by atoms with Crippen molar-refractivity contribution in [1.29, 1.82) is 5.26 Å². The Morgan fingerprint density at radius 3 is 3.00 bits per heavy atom. The predicted octanol–water partition coefficient (Wildman–Crippen LogP) is 1.01. The van der Waals surface area contributed by atoms with Gasteiger partial charge in [-0.25, -0.2) is 0 Å². The third-order valence-electron chi connectivity index (χ3n) is 1.54. The zero-order chi connectivity index (χ0) is 9.84. The normalized spacial score (nSPS) is 9.54. The molecular formula is C7H8N4O2. The molecule has 0 aliphatic rings. The largest absolute Gasteiger partial charge is 0.392 e. The van der Waals surface area contributed by atoms with Gasteiger partial charge in [0, 0.05) is 0 Å². The molecule has 0 aliphatic carbocycles. The Hall–Kier alpha value is -1.90.